The highest BCUT2D eigenvalue weighted by Gasteiger charge is 2.16. The molecule has 0 saturated heterocycles. The fourth-order valence-electron chi connectivity index (χ4n) is 2.72. The number of primary amides is 1. The second-order valence-corrected chi connectivity index (χ2v) is 6.68. The van der Waals surface area contributed by atoms with Crippen LogP contribution in [0, 0.1) is 0 Å². The molecular formula is C20H21ClN2O4. The number of amides is 2. The zero-order chi connectivity index (χ0) is 19.8. The van der Waals surface area contributed by atoms with Crippen LogP contribution in [0.3, 0.4) is 0 Å². The number of benzene rings is 2. The summed E-state index contributed by atoms with van der Waals surface area (Å²) in [5.74, 6) is -2.00. The molecule has 0 aliphatic rings. The summed E-state index contributed by atoms with van der Waals surface area (Å²) in [6.45, 7) is 0. The molecule has 2 amide bonds. The van der Waals surface area contributed by atoms with Crippen molar-refractivity contribution in [2.45, 2.75) is 31.7 Å². The first kappa shape index (κ1) is 20.5. The van der Waals surface area contributed by atoms with Gasteiger partial charge in [-0.2, -0.15) is 0 Å². The molecule has 0 fully saturated rings. The van der Waals surface area contributed by atoms with Crippen LogP contribution in [-0.4, -0.2) is 28.9 Å². The number of carbonyl (C=O) groups excluding carboxylic acids is 2. The fourth-order valence-corrected chi connectivity index (χ4v) is 2.91. The minimum absolute atomic E-state index is 0.0190. The maximum absolute atomic E-state index is 11.9. The second kappa shape index (κ2) is 9.73. The SMILES string of the molecule is NC(=O)C[C@@H](Cc1ccc(-c2cccc(Cl)c2)cc1)NC(=O)CCC(=O)O. The van der Waals surface area contributed by atoms with Gasteiger partial charge >= 0.3 is 5.97 Å². The molecule has 0 saturated carbocycles. The van der Waals surface area contributed by atoms with E-state index in [1.807, 2.05) is 42.5 Å². The number of aliphatic carboxylic acids is 1. The van der Waals surface area contributed by atoms with E-state index in [9.17, 15) is 14.4 Å². The summed E-state index contributed by atoms with van der Waals surface area (Å²) < 4.78 is 0. The van der Waals surface area contributed by atoms with Crippen molar-refractivity contribution in [1.82, 2.24) is 5.32 Å². The highest BCUT2D eigenvalue weighted by Crippen LogP contribution is 2.23. The topological polar surface area (TPSA) is 109 Å². The Balaban J connectivity index is 2.04. The predicted octanol–water partition coefficient (Wildman–Crippen LogP) is 2.77. The Kier molecular flexibility index (Phi) is 7.37. The molecule has 7 heteroatoms. The molecule has 0 heterocycles. The van der Waals surface area contributed by atoms with Gasteiger partial charge < -0.3 is 16.2 Å². The lowest BCUT2D eigenvalue weighted by atomic mass is 9.99. The standard InChI is InChI=1S/C20H21ClN2O4/c21-16-3-1-2-15(11-16)14-6-4-13(5-7-14)10-17(12-18(22)24)23-19(25)8-9-20(26)27/h1-7,11,17H,8-10,12H2,(H2,22,24)(H,23,25)(H,26,27)/t17-/m1/s1. The number of carboxylic acids is 1. The average Bonchev–Trinajstić information content (AvgIpc) is 2.60. The summed E-state index contributed by atoms with van der Waals surface area (Å²) in [4.78, 5) is 33.7. The van der Waals surface area contributed by atoms with Gasteiger partial charge in [-0.25, -0.2) is 0 Å². The summed E-state index contributed by atoms with van der Waals surface area (Å²) in [5.41, 5.74) is 8.17. The van der Waals surface area contributed by atoms with E-state index >= 15 is 0 Å². The van der Waals surface area contributed by atoms with Crippen molar-refractivity contribution >= 4 is 29.4 Å². The van der Waals surface area contributed by atoms with E-state index in [-0.39, 0.29) is 19.3 Å². The van der Waals surface area contributed by atoms with Crippen LogP contribution in [0.2, 0.25) is 5.02 Å². The number of nitrogens with one attached hydrogen (secondary N) is 1. The lowest BCUT2D eigenvalue weighted by Crippen LogP contribution is -2.39. The number of hydrogen-bond acceptors (Lipinski definition) is 3. The largest absolute Gasteiger partial charge is 0.481 e. The van der Waals surface area contributed by atoms with Crippen LogP contribution < -0.4 is 11.1 Å². The molecule has 2 aromatic rings. The molecule has 6 nitrogen and oxygen atoms in total. The summed E-state index contributed by atoms with van der Waals surface area (Å²) in [5, 5.41) is 12.0. The molecule has 4 N–H and O–H groups in total. The van der Waals surface area contributed by atoms with E-state index in [1.54, 1.807) is 6.07 Å². The highest BCUT2D eigenvalue weighted by atomic mass is 35.5. The summed E-state index contributed by atoms with van der Waals surface area (Å²) >= 11 is 6.02. The summed E-state index contributed by atoms with van der Waals surface area (Å²) in [7, 11) is 0. The fraction of sp³-hybridized carbons (Fsp3) is 0.250. The molecule has 142 valence electrons. The van der Waals surface area contributed by atoms with Gasteiger partial charge in [0.1, 0.15) is 0 Å². The Bertz CT molecular complexity index is 821. The van der Waals surface area contributed by atoms with Crippen molar-refractivity contribution in [3.05, 3.63) is 59.1 Å². The third-order valence-corrected chi connectivity index (χ3v) is 4.21. The number of hydrogen-bond donors (Lipinski definition) is 3. The molecule has 0 aliphatic heterocycles. The van der Waals surface area contributed by atoms with Crippen LogP contribution in [-0.2, 0) is 20.8 Å². The van der Waals surface area contributed by atoms with Gasteiger partial charge in [0.25, 0.3) is 0 Å². The van der Waals surface area contributed by atoms with Crippen molar-refractivity contribution in [3.63, 3.8) is 0 Å². The summed E-state index contributed by atoms with van der Waals surface area (Å²) in [6, 6.07) is 14.7. The lowest BCUT2D eigenvalue weighted by Gasteiger charge is -2.17. The molecule has 0 bridgehead atoms. The Labute approximate surface area is 162 Å². The first-order chi connectivity index (χ1) is 12.8. The third-order valence-electron chi connectivity index (χ3n) is 3.97. The monoisotopic (exact) mass is 388 g/mol. The molecular weight excluding hydrogens is 368 g/mol. The molecule has 2 rings (SSSR count). The van der Waals surface area contributed by atoms with Gasteiger partial charge in [-0.3, -0.25) is 14.4 Å². The molecule has 27 heavy (non-hydrogen) atoms. The molecule has 0 aromatic heterocycles. The Morgan fingerprint density at radius 2 is 1.74 bits per heavy atom. The van der Waals surface area contributed by atoms with Crippen LogP contribution in [0.4, 0.5) is 0 Å². The minimum atomic E-state index is -1.05. The van der Waals surface area contributed by atoms with Crippen molar-refractivity contribution in [3.8, 4) is 11.1 Å². The highest BCUT2D eigenvalue weighted by molar-refractivity contribution is 6.30. The van der Waals surface area contributed by atoms with Crippen LogP contribution in [0.1, 0.15) is 24.8 Å². The van der Waals surface area contributed by atoms with Gasteiger partial charge in [-0.1, -0.05) is 48.0 Å². The Hall–Kier alpha value is -2.86. The van der Waals surface area contributed by atoms with E-state index in [4.69, 9.17) is 22.4 Å². The van der Waals surface area contributed by atoms with Crippen molar-refractivity contribution in [2.24, 2.45) is 5.73 Å². The van der Waals surface area contributed by atoms with E-state index in [2.05, 4.69) is 5.32 Å². The van der Waals surface area contributed by atoms with Gasteiger partial charge in [0, 0.05) is 23.9 Å². The van der Waals surface area contributed by atoms with Crippen LogP contribution in [0.25, 0.3) is 11.1 Å². The smallest absolute Gasteiger partial charge is 0.303 e. The number of rotatable bonds is 9. The van der Waals surface area contributed by atoms with Gasteiger partial charge in [-0.15, -0.1) is 0 Å². The predicted molar refractivity (Wildman–Crippen MR) is 103 cm³/mol. The maximum atomic E-state index is 11.9. The van der Waals surface area contributed by atoms with Crippen molar-refractivity contribution in [2.75, 3.05) is 0 Å². The average molecular weight is 389 g/mol. The van der Waals surface area contributed by atoms with Crippen molar-refractivity contribution in [1.29, 1.82) is 0 Å². The van der Waals surface area contributed by atoms with E-state index in [0.717, 1.165) is 16.7 Å². The third kappa shape index (κ3) is 7.11. The Morgan fingerprint density at radius 3 is 2.33 bits per heavy atom. The van der Waals surface area contributed by atoms with Gasteiger partial charge in [0.2, 0.25) is 11.8 Å². The zero-order valence-electron chi connectivity index (χ0n) is 14.7. The second-order valence-electron chi connectivity index (χ2n) is 6.24. The first-order valence-electron chi connectivity index (χ1n) is 8.48. The molecule has 1 atom stereocenters. The normalized spacial score (nSPS) is 11.6. The first-order valence-corrected chi connectivity index (χ1v) is 8.85. The molecule has 0 radical (unpaired) electrons. The van der Waals surface area contributed by atoms with E-state index < -0.39 is 23.8 Å². The van der Waals surface area contributed by atoms with Gasteiger partial charge in [0.15, 0.2) is 0 Å². The van der Waals surface area contributed by atoms with E-state index in [1.165, 1.54) is 0 Å². The van der Waals surface area contributed by atoms with Crippen LogP contribution in [0.15, 0.2) is 48.5 Å². The van der Waals surface area contributed by atoms with Gasteiger partial charge in [-0.05, 0) is 35.2 Å². The number of carbonyl (C=O) groups is 3. The van der Waals surface area contributed by atoms with Crippen molar-refractivity contribution < 1.29 is 19.5 Å². The number of halogens is 1. The molecule has 2 aromatic carbocycles. The van der Waals surface area contributed by atoms with E-state index in [0.29, 0.717) is 11.4 Å². The quantitative estimate of drug-likeness (QED) is 0.613. The number of carboxylic acid groups (broad SMARTS) is 1. The Morgan fingerprint density at radius 1 is 1.04 bits per heavy atom. The molecule has 0 aliphatic carbocycles. The van der Waals surface area contributed by atoms with Crippen LogP contribution >= 0.6 is 11.6 Å². The minimum Gasteiger partial charge on any atom is -0.481 e. The molecule has 0 spiro atoms. The van der Waals surface area contributed by atoms with Crippen LogP contribution in [0.5, 0.6) is 0 Å². The zero-order valence-corrected chi connectivity index (χ0v) is 15.4. The lowest BCUT2D eigenvalue weighted by molar-refractivity contribution is -0.139. The maximum Gasteiger partial charge on any atom is 0.303 e. The summed E-state index contributed by atoms with van der Waals surface area (Å²) in [6.07, 6.45) is -0.00576. The molecule has 0 unspecified atom stereocenters. The number of nitrogens with two attached hydrogens (primary N) is 1. The van der Waals surface area contributed by atoms with Gasteiger partial charge in [0.05, 0.1) is 6.42 Å².